The molecule has 0 radical (unpaired) electrons. The summed E-state index contributed by atoms with van der Waals surface area (Å²) in [6.07, 6.45) is 7.73. The van der Waals surface area contributed by atoms with Gasteiger partial charge in [-0.15, -0.1) is 0 Å². The molecular weight excluding hydrogens is 208 g/mol. The zero-order chi connectivity index (χ0) is 12.4. The van der Waals surface area contributed by atoms with Crippen LogP contribution in [0.1, 0.15) is 26.7 Å². The van der Waals surface area contributed by atoms with E-state index >= 15 is 0 Å². The van der Waals surface area contributed by atoms with Gasteiger partial charge in [-0.25, -0.2) is 0 Å². The number of hydrogen-bond donors (Lipinski definition) is 1. The van der Waals surface area contributed by atoms with Gasteiger partial charge in [-0.1, -0.05) is 26.0 Å². The SMILES string of the molecule is CC(C)C(CN(C)C)NCC1CC2C=CC1C2. The lowest BCUT2D eigenvalue weighted by Gasteiger charge is -2.28. The second-order valence-electron chi connectivity index (χ2n) is 6.56. The zero-order valence-corrected chi connectivity index (χ0v) is 11.8. The lowest BCUT2D eigenvalue weighted by atomic mass is 9.92. The van der Waals surface area contributed by atoms with Crippen LogP contribution in [0.25, 0.3) is 0 Å². The fourth-order valence-electron chi connectivity index (χ4n) is 3.34. The fraction of sp³-hybridized carbons (Fsp3) is 0.867. The molecular formula is C15H28N2. The van der Waals surface area contributed by atoms with E-state index in [0.29, 0.717) is 12.0 Å². The van der Waals surface area contributed by atoms with Crippen molar-refractivity contribution in [3.05, 3.63) is 12.2 Å². The van der Waals surface area contributed by atoms with E-state index in [2.05, 4.69) is 50.3 Å². The summed E-state index contributed by atoms with van der Waals surface area (Å²) in [5, 5.41) is 3.80. The molecule has 2 heteroatoms. The normalized spacial score (nSPS) is 32.9. The Morgan fingerprint density at radius 2 is 2.00 bits per heavy atom. The average Bonchev–Trinajstić information content (AvgIpc) is 2.84. The monoisotopic (exact) mass is 236 g/mol. The lowest BCUT2D eigenvalue weighted by molar-refractivity contribution is 0.270. The van der Waals surface area contributed by atoms with Gasteiger partial charge in [0, 0.05) is 12.6 Å². The van der Waals surface area contributed by atoms with Gasteiger partial charge in [0.15, 0.2) is 0 Å². The van der Waals surface area contributed by atoms with E-state index in [-0.39, 0.29) is 0 Å². The molecule has 4 atom stereocenters. The molecule has 98 valence electrons. The van der Waals surface area contributed by atoms with Crippen molar-refractivity contribution in [2.45, 2.75) is 32.7 Å². The number of nitrogens with zero attached hydrogens (tertiary/aromatic N) is 1. The molecule has 0 amide bonds. The van der Waals surface area contributed by atoms with Crippen LogP contribution in [0.5, 0.6) is 0 Å². The van der Waals surface area contributed by atoms with Gasteiger partial charge in [-0.05, 0) is 57.2 Å². The zero-order valence-electron chi connectivity index (χ0n) is 11.8. The van der Waals surface area contributed by atoms with Crippen molar-refractivity contribution in [2.75, 3.05) is 27.2 Å². The second kappa shape index (κ2) is 5.53. The van der Waals surface area contributed by atoms with Crippen molar-refractivity contribution < 1.29 is 0 Å². The van der Waals surface area contributed by atoms with E-state index in [9.17, 15) is 0 Å². The van der Waals surface area contributed by atoms with Crippen LogP contribution in [0.4, 0.5) is 0 Å². The third-order valence-electron chi connectivity index (χ3n) is 4.43. The Bertz CT molecular complexity index is 270. The van der Waals surface area contributed by atoms with E-state index in [1.807, 2.05) is 0 Å². The molecule has 0 spiro atoms. The molecule has 0 saturated heterocycles. The lowest BCUT2D eigenvalue weighted by Crippen LogP contribution is -2.44. The highest BCUT2D eigenvalue weighted by Crippen LogP contribution is 2.43. The summed E-state index contributed by atoms with van der Waals surface area (Å²) in [6, 6.07) is 0.633. The summed E-state index contributed by atoms with van der Waals surface area (Å²) >= 11 is 0. The Balaban J connectivity index is 1.77. The van der Waals surface area contributed by atoms with Crippen molar-refractivity contribution in [2.24, 2.45) is 23.7 Å². The molecule has 2 aliphatic carbocycles. The van der Waals surface area contributed by atoms with Crippen LogP contribution in [0.15, 0.2) is 12.2 Å². The second-order valence-corrected chi connectivity index (χ2v) is 6.56. The molecule has 0 aliphatic heterocycles. The maximum atomic E-state index is 3.80. The molecule has 0 aromatic carbocycles. The van der Waals surface area contributed by atoms with Crippen LogP contribution in [-0.4, -0.2) is 38.1 Å². The first-order chi connectivity index (χ1) is 8.06. The van der Waals surface area contributed by atoms with Gasteiger partial charge < -0.3 is 10.2 Å². The van der Waals surface area contributed by atoms with Crippen LogP contribution in [-0.2, 0) is 0 Å². The predicted molar refractivity (Wildman–Crippen MR) is 74.0 cm³/mol. The molecule has 2 bridgehead atoms. The van der Waals surface area contributed by atoms with Crippen molar-refractivity contribution in [3.63, 3.8) is 0 Å². The quantitative estimate of drug-likeness (QED) is 0.712. The van der Waals surface area contributed by atoms with Crippen LogP contribution in [0, 0.1) is 23.7 Å². The largest absolute Gasteiger partial charge is 0.312 e. The summed E-state index contributed by atoms with van der Waals surface area (Å²) in [4.78, 5) is 2.29. The van der Waals surface area contributed by atoms with Gasteiger partial charge in [-0.3, -0.25) is 0 Å². The molecule has 0 aromatic rings. The Kier molecular flexibility index (Phi) is 4.26. The van der Waals surface area contributed by atoms with Crippen molar-refractivity contribution in [3.8, 4) is 0 Å². The number of nitrogens with one attached hydrogen (secondary N) is 1. The molecule has 1 saturated carbocycles. The summed E-state index contributed by atoms with van der Waals surface area (Å²) in [7, 11) is 4.33. The highest BCUT2D eigenvalue weighted by Gasteiger charge is 2.35. The number of allylic oxidation sites excluding steroid dienone is 2. The van der Waals surface area contributed by atoms with E-state index in [4.69, 9.17) is 0 Å². The van der Waals surface area contributed by atoms with Gasteiger partial charge in [0.05, 0.1) is 0 Å². The highest BCUT2D eigenvalue weighted by molar-refractivity contribution is 5.10. The highest BCUT2D eigenvalue weighted by atomic mass is 15.1. The van der Waals surface area contributed by atoms with Crippen molar-refractivity contribution in [1.29, 1.82) is 0 Å². The van der Waals surface area contributed by atoms with Crippen LogP contribution in [0.3, 0.4) is 0 Å². The van der Waals surface area contributed by atoms with Gasteiger partial charge in [0.1, 0.15) is 0 Å². The minimum Gasteiger partial charge on any atom is -0.312 e. The molecule has 2 rings (SSSR count). The number of likely N-dealkylation sites (N-methyl/N-ethyl adjacent to an activating group) is 1. The first kappa shape index (κ1) is 13.1. The maximum absolute atomic E-state index is 3.80. The summed E-state index contributed by atoms with van der Waals surface area (Å²) in [5.74, 6) is 3.39. The van der Waals surface area contributed by atoms with Crippen LogP contribution >= 0.6 is 0 Å². The Morgan fingerprint density at radius 3 is 2.47 bits per heavy atom. The number of rotatable bonds is 6. The Morgan fingerprint density at radius 1 is 1.24 bits per heavy atom. The molecule has 17 heavy (non-hydrogen) atoms. The third kappa shape index (κ3) is 3.32. The summed E-state index contributed by atoms with van der Waals surface area (Å²) in [5.41, 5.74) is 0. The molecule has 0 aromatic heterocycles. The van der Waals surface area contributed by atoms with Gasteiger partial charge in [0.2, 0.25) is 0 Å². The minimum absolute atomic E-state index is 0.633. The fourth-order valence-corrected chi connectivity index (χ4v) is 3.34. The third-order valence-corrected chi connectivity index (χ3v) is 4.43. The van der Waals surface area contributed by atoms with E-state index in [0.717, 1.165) is 24.3 Å². The van der Waals surface area contributed by atoms with Gasteiger partial charge in [0.25, 0.3) is 0 Å². The smallest absolute Gasteiger partial charge is 0.0217 e. The molecule has 1 N–H and O–H groups in total. The topological polar surface area (TPSA) is 15.3 Å². The van der Waals surface area contributed by atoms with Crippen LogP contribution in [0.2, 0.25) is 0 Å². The standard InChI is InChI=1S/C15H28N2/c1-11(2)15(10-17(3)4)16-9-14-8-12-5-6-13(14)7-12/h5-6,11-16H,7-10H2,1-4H3. The van der Waals surface area contributed by atoms with E-state index in [1.165, 1.54) is 19.4 Å². The molecule has 2 nitrogen and oxygen atoms in total. The summed E-state index contributed by atoms with van der Waals surface area (Å²) < 4.78 is 0. The predicted octanol–water partition coefficient (Wildman–Crippen LogP) is 2.37. The molecule has 4 unspecified atom stereocenters. The Hall–Kier alpha value is -0.340. The molecule has 2 aliphatic rings. The van der Waals surface area contributed by atoms with Crippen molar-refractivity contribution >= 4 is 0 Å². The molecule has 1 fully saturated rings. The maximum Gasteiger partial charge on any atom is 0.0217 e. The minimum atomic E-state index is 0.633. The molecule has 0 heterocycles. The first-order valence-electron chi connectivity index (χ1n) is 7.12. The Labute approximate surface area is 106 Å². The van der Waals surface area contributed by atoms with Crippen molar-refractivity contribution in [1.82, 2.24) is 10.2 Å². The van der Waals surface area contributed by atoms with E-state index < -0.39 is 0 Å². The summed E-state index contributed by atoms with van der Waals surface area (Å²) in [6.45, 7) is 7.00. The first-order valence-corrected chi connectivity index (χ1v) is 7.12. The average molecular weight is 236 g/mol. The van der Waals surface area contributed by atoms with Crippen LogP contribution < -0.4 is 5.32 Å². The van der Waals surface area contributed by atoms with Gasteiger partial charge in [-0.2, -0.15) is 0 Å². The van der Waals surface area contributed by atoms with E-state index in [1.54, 1.807) is 0 Å². The number of hydrogen-bond acceptors (Lipinski definition) is 2. The number of fused-ring (bicyclic) bond motifs is 2. The van der Waals surface area contributed by atoms with Gasteiger partial charge >= 0.3 is 0 Å².